The van der Waals surface area contributed by atoms with Gasteiger partial charge in [0.05, 0.1) is 11.6 Å². The SMILES string of the molecule is N#Cc1ccccc1Cc1[nH]c2ccc(-c3cccc4c3oc3ccccc34)cc2c1CCN. The Kier molecular flexibility index (Phi) is 4.91. The second-order valence-electron chi connectivity index (χ2n) is 8.61. The lowest BCUT2D eigenvalue weighted by molar-refractivity contribution is 0.670. The molecule has 2 heterocycles. The summed E-state index contributed by atoms with van der Waals surface area (Å²) in [5.41, 5.74) is 15.1. The number of aromatic amines is 1. The molecule has 0 aliphatic carbocycles. The lowest BCUT2D eigenvalue weighted by Crippen LogP contribution is -2.05. The van der Waals surface area contributed by atoms with Crippen LogP contribution in [0.3, 0.4) is 0 Å². The van der Waals surface area contributed by atoms with E-state index >= 15 is 0 Å². The number of benzene rings is 4. The van der Waals surface area contributed by atoms with Crippen molar-refractivity contribution in [1.29, 1.82) is 5.26 Å². The van der Waals surface area contributed by atoms with Crippen LogP contribution in [0.2, 0.25) is 0 Å². The number of nitriles is 1. The molecule has 3 N–H and O–H groups in total. The van der Waals surface area contributed by atoms with E-state index < -0.39 is 0 Å². The molecular weight excluding hydrogens is 418 g/mol. The van der Waals surface area contributed by atoms with Crippen LogP contribution in [0.1, 0.15) is 22.4 Å². The molecule has 6 aromatic rings. The normalized spacial score (nSPS) is 11.4. The Morgan fingerprint density at radius 2 is 1.68 bits per heavy atom. The Hall–Kier alpha value is -4.33. The van der Waals surface area contributed by atoms with Gasteiger partial charge in [-0.05, 0) is 53.9 Å². The number of hydrogen-bond donors (Lipinski definition) is 2. The molecule has 0 fully saturated rings. The van der Waals surface area contributed by atoms with Gasteiger partial charge in [-0.2, -0.15) is 5.26 Å². The molecule has 34 heavy (non-hydrogen) atoms. The number of nitrogens with two attached hydrogens (primary N) is 1. The minimum Gasteiger partial charge on any atom is -0.455 e. The van der Waals surface area contributed by atoms with Crippen LogP contribution in [0.4, 0.5) is 0 Å². The first-order chi connectivity index (χ1) is 16.8. The van der Waals surface area contributed by atoms with E-state index in [9.17, 15) is 5.26 Å². The molecule has 0 saturated heterocycles. The number of hydrogen-bond acceptors (Lipinski definition) is 3. The molecule has 0 unspecified atom stereocenters. The van der Waals surface area contributed by atoms with Gasteiger partial charge < -0.3 is 15.1 Å². The van der Waals surface area contributed by atoms with Crippen molar-refractivity contribution in [3.8, 4) is 17.2 Å². The molecule has 0 radical (unpaired) electrons. The van der Waals surface area contributed by atoms with Gasteiger partial charge in [0.15, 0.2) is 0 Å². The summed E-state index contributed by atoms with van der Waals surface area (Å²) in [7, 11) is 0. The van der Waals surface area contributed by atoms with E-state index in [1.165, 1.54) is 10.9 Å². The number of furan rings is 1. The van der Waals surface area contributed by atoms with E-state index in [0.29, 0.717) is 18.5 Å². The van der Waals surface area contributed by atoms with Crippen molar-refractivity contribution in [1.82, 2.24) is 4.98 Å². The lowest BCUT2D eigenvalue weighted by Gasteiger charge is -2.07. The van der Waals surface area contributed by atoms with Crippen molar-refractivity contribution >= 4 is 32.8 Å². The molecule has 0 saturated carbocycles. The second-order valence-corrected chi connectivity index (χ2v) is 8.61. The highest BCUT2D eigenvalue weighted by Crippen LogP contribution is 2.37. The summed E-state index contributed by atoms with van der Waals surface area (Å²) in [6, 6.07) is 31.1. The molecule has 164 valence electrons. The van der Waals surface area contributed by atoms with Crippen LogP contribution in [0.5, 0.6) is 0 Å². The van der Waals surface area contributed by atoms with Crippen LogP contribution < -0.4 is 5.73 Å². The van der Waals surface area contributed by atoms with Gasteiger partial charge in [0.1, 0.15) is 11.2 Å². The summed E-state index contributed by atoms with van der Waals surface area (Å²) < 4.78 is 6.28. The summed E-state index contributed by atoms with van der Waals surface area (Å²) in [6.45, 7) is 0.559. The second kappa shape index (κ2) is 8.22. The first-order valence-electron chi connectivity index (χ1n) is 11.5. The molecule has 6 rings (SSSR count). The van der Waals surface area contributed by atoms with Crippen molar-refractivity contribution < 1.29 is 4.42 Å². The molecule has 0 spiro atoms. The van der Waals surface area contributed by atoms with E-state index in [2.05, 4.69) is 53.5 Å². The molecule has 2 aromatic heterocycles. The van der Waals surface area contributed by atoms with Gasteiger partial charge in [0.2, 0.25) is 0 Å². The van der Waals surface area contributed by atoms with Crippen LogP contribution >= 0.6 is 0 Å². The first kappa shape index (κ1) is 20.3. The van der Waals surface area contributed by atoms with Crippen LogP contribution in [0.15, 0.2) is 89.3 Å². The van der Waals surface area contributed by atoms with Crippen LogP contribution in [-0.2, 0) is 12.8 Å². The number of fused-ring (bicyclic) bond motifs is 4. The van der Waals surface area contributed by atoms with Crippen molar-refractivity contribution in [2.24, 2.45) is 5.73 Å². The topological polar surface area (TPSA) is 78.7 Å². The van der Waals surface area contributed by atoms with Crippen LogP contribution in [0, 0.1) is 11.3 Å². The highest BCUT2D eigenvalue weighted by molar-refractivity contribution is 6.10. The van der Waals surface area contributed by atoms with Gasteiger partial charge in [-0.1, -0.05) is 60.7 Å². The fourth-order valence-electron chi connectivity index (χ4n) is 5.00. The zero-order chi connectivity index (χ0) is 23.1. The summed E-state index contributed by atoms with van der Waals surface area (Å²) in [5.74, 6) is 0. The average Bonchev–Trinajstić information content (AvgIpc) is 3.42. The van der Waals surface area contributed by atoms with Crippen LogP contribution in [-0.4, -0.2) is 11.5 Å². The maximum atomic E-state index is 9.52. The maximum absolute atomic E-state index is 9.52. The Bertz CT molecular complexity index is 1710. The van der Waals surface area contributed by atoms with E-state index in [1.807, 2.05) is 42.5 Å². The molecule has 4 nitrogen and oxygen atoms in total. The molecule has 0 amide bonds. The quantitative estimate of drug-likeness (QED) is 0.312. The molecule has 0 atom stereocenters. The largest absolute Gasteiger partial charge is 0.455 e. The molecule has 4 aromatic carbocycles. The van der Waals surface area contributed by atoms with E-state index in [-0.39, 0.29) is 0 Å². The van der Waals surface area contributed by atoms with Crippen molar-refractivity contribution in [2.45, 2.75) is 12.8 Å². The highest BCUT2D eigenvalue weighted by atomic mass is 16.3. The monoisotopic (exact) mass is 441 g/mol. The standard InChI is InChI=1S/C30H23N3O/c31-15-14-23-26-16-20(22-9-5-10-25-24-8-3-4-11-29(24)34-30(22)25)12-13-27(26)33-28(23)17-19-6-1-2-7-21(19)18-32/h1-13,16,33H,14-15,17,31H2. The van der Waals surface area contributed by atoms with Gasteiger partial charge in [0, 0.05) is 39.4 Å². The van der Waals surface area contributed by atoms with Crippen molar-refractivity contribution in [3.05, 3.63) is 107 Å². The average molecular weight is 442 g/mol. The van der Waals surface area contributed by atoms with Crippen molar-refractivity contribution in [2.75, 3.05) is 6.54 Å². The number of aromatic nitrogens is 1. The fourth-order valence-corrected chi connectivity index (χ4v) is 5.00. The maximum Gasteiger partial charge on any atom is 0.143 e. The van der Waals surface area contributed by atoms with Gasteiger partial charge in [-0.15, -0.1) is 0 Å². The third kappa shape index (κ3) is 3.26. The van der Waals surface area contributed by atoms with E-state index in [4.69, 9.17) is 10.2 Å². The zero-order valence-corrected chi connectivity index (χ0v) is 18.6. The fraction of sp³-hybridized carbons (Fsp3) is 0.100. The molecule has 0 aliphatic rings. The lowest BCUT2D eigenvalue weighted by atomic mass is 9.97. The van der Waals surface area contributed by atoms with Crippen molar-refractivity contribution in [3.63, 3.8) is 0 Å². The summed E-state index contributed by atoms with van der Waals surface area (Å²) in [5, 5.41) is 12.9. The number of para-hydroxylation sites is 2. The Morgan fingerprint density at radius 1 is 0.853 bits per heavy atom. The Morgan fingerprint density at radius 3 is 2.56 bits per heavy atom. The van der Waals surface area contributed by atoms with E-state index in [0.717, 1.165) is 56.3 Å². The number of nitrogens with zero attached hydrogens (tertiary/aromatic N) is 1. The highest BCUT2D eigenvalue weighted by Gasteiger charge is 2.16. The third-order valence-corrected chi connectivity index (χ3v) is 6.61. The van der Waals surface area contributed by atoms with Gasteiger partial charge >= 0.3 is 0 Å². The molecule has 4 heteroatoms. The molecule has 0 bridgehead atoms. The number of H-pyrrole nitrogens is 1. The van der Waals surface area contributed by atoms with Gasteiger partial charge in [-0.3, -0.25) is 0 Å². The predicted octanol–water partition coefficient (Wildman–Crippen LogP) is 6.70. The summed E-state index contributed by atoms with van der Waals surface area (Å²) >= 11 is 0. The number of rotatable bonds is 5. The summed E-state index contributed by atoms with van der Waals surface area (Å²) in [6.07, 6.45) is 1.44. The first-order valence-corrected chi connectivity index (χ1v) is 11.5. The molecular formula is C30H23N3O. The predicted molar refractivity (Wildman–Crippen MR) is 138 cm³/mol. The smallest absolute Gasteiger partial charge is 0.143 e. The summed E-state index contributed by atoms with van der Waals surface area (Å²) in [4.78, 5) is 3.60. The van der Waals surface area contributed by atoms with Crippen LogP contribution in [0.25, 0.3) is 44.0 Å². The minimum absolute atomic E-state index is 0.559. The Labute approximate surface area is 197 Å². The third-order valence-electron chi connectivity index (χ3n) is 6.61. The number of nitrogens with one attached hydrogen (secondary N) is 1. The van der Waals surface area contributed by atoms with E-state index in [1.54, 1.807) is 0 Å². The van der Waals surface area contributed by atoms with Gasteiger partial charge in [-0.25, -0.2) is 0 Å². The Balaban J connectivity index is 1.51. The minimum atomic E-state index is 0.559. The molecule has 0 aliphatic heterocycles. The van der Waals surface area contributed by atoms with Gasteiger partial charge in [0.25, 0.3) is 0 Å². The zero-order valence-electron chi connectivity index (χ0n) is 18.6.